The number of aliphatic imine (C=N–C) groups is 1. The minimum Gasteiger partial charge on any atom is -0.292 e. The van der Waals surface area contributed by atoms with Crippen LogP contribution in [0.1, 0.15) is 65.2 Å². The third-order valence-electron chi connectivity index (χ3n) is 4.51. The molecular weight excluding hydrogens is 194 g/mol. The molecule has 0 amide bonds. The highest BCUT2D eigenvalue weighted by atomic mass is 14.7. The van der Waals surface area contributed by atoms with E-state index in [4.69, 9.17) is 0 Å². The van der Waals surface area contributed by atoms with Gasteiger partial charge in [0, 0.05) is 18.2 Å². The summed E-state index contributed by atoms with van der Waals surface area (Å²) < 4.78 is 0. The van der Waals surface area contributed by atoms with Gasteiger partial charge in [-0.1, -0.05) is 24.8 Å². The molecule has 2 saturated carbocycles. The molecule has 90 valence electrons. The molecule has 1 heteroatoms. The summed E-state index contributed by atoms with van der Waals surface area (Å²) in [6.45, 7) is 4.50. The maximum atomic E-state index is 4.69. The molecule has 0 saturated heterocycles. The molecule has 2 fully saturated rings. The van der Waals surface area contributed by atoms with E-state index in [9.17, 15) is 0 Å². The van der Waals surface area contributed by atoms with Crippen molar-refractivity contribution in [3.8, 4) is 0 Å². The van der Waals surface area contributed by atoms with Gasteiger partial charge in [-0.3, -0.25) is 4.99 Å². The van der Waals surface area contributed by atoms with Gasteiger partial charge < -0.3 is 0 Å². The lowest BCUT2D eigenvalue weighted by molar-refractivity contribution is 0.250. The fraction of sp³-hybridized carbons (Fsp3) is 0.800. The molecule has 0 heterocycles. The number of nitrogens with zero attached hydrogens (tertiary/aromatic N) is 1. The Bertz CT molecular complexity index is 307. The first-order valence-electron chi connectivity index (χ1n) is 6.84. The van der Waals surface area contributed by atoms with Crippen LogP contribution < -0.4 is 0 Å². The molecule has 0 unspecified atom stereocenters. The maximum Gasteiger partial charge on any atom is 0.0437 e. The third kappa shape index (κ3) is 1.97. The molecular formula is C15H25N. The highest BCUT2D eigenvalue weighted by Crippen LogP contribution is 2.47. The third-order valence-corrected chi connectivity index (χ3v) is 4.51. The minimum absolute atomic E-state index is 0.470. The Morgan fingerprint density at radius 2 is 1.62 bits per heavy atom. The van der Waals surface area contributed by atoms with Crippen molar-refractivity contribution in [2.75, 3.05) is 7.05 Å². The van der Waals surface area contributed by atoms with Crippen molar-refractivity contribution in [3.05, 3.63) is 11.1 Å². The monoisotopic (exact) mass is 219 g/mol. The van der Waals surface area contributed by atoms with Crippen LogP contribution in [0.4, 0.5) is 0 Å². The van der Waals surface area contributed by atoms with Crippen molar-refractivity contribution in [2.45, 2.75) is 65.2 Å². The van der Waals surface area contributed by atoms with Crippen LogP contribution >= 0.6 is 0 Å². The first-order valence-corrected chi connectivity index (χ1v) is 6.84. The molecule has 1 spiro atoms. The summed E-state index contributed by atoms with van der Waals surface area (Å²) in [4.78, 5) is 4.69. The van der Waals surface area contributed by atoms with Gasteiger partial charge in [-0.15, -0.1) is 0 Å². The predicted octanol–water partition coefficient (Wildman–Crippen LogP) is 4.53. The molecule has 1 nitrogen and oxygen atoms in total. The summed E-state index contributed by atoms with van der Waals surface area (Å²) in [5.41, 5.74) is 5.01. The quantitative estimate of drug-likeness (QED) is 0.567. The van der Waals surface area contributed by atoms with Crippen molar-refractivity contribution >= 4 is 5.71 Å². The van der Waals surface area contributed by atoms with Crippen LogP contribution in [0.15, 0.2) is 16.1 Å². The van der Waals surface area contributed by atoms with E-state index in [0.29, 0.717) is 5.41 Å². The van der Waals surface area contributed by atoms with Crippen LogP contribution in [0, 0.1) is 5.41 Å². The highest BCUT2D eigenvalue weighted by Gasteiger charge is 2.40. The van der Waals surface area contributed by atoms with Crippen molar-refractivity contribution in [2.24, 2.45) is 10.4 Å². The minimum atomic E-state index is 0.470. The predicted molar refractivity (Wildman–Crippen MR) is 71.1 cm³/mol. The Labute approximate surface area is 100 Å². The smallest absolute Gasteiger partial charge is 0.0437 e. The molecule has 2 rings (SSSR count). The molecule has 0 N–H and O–H groups in total. The van der Waals surface area contributed by atoms with Crippen molar-refractivity contribution < 1.29 is 0 Å². The van der Waals surface area contributed by atoms with Gasteiger partial charge >= 0.3 is 0 Å². The van der Waals surface area contributed by atoms with E-state index in [1.165, 1.54) is 62.7 Å². The molecule has 0 atom stereocenters. The fourth-order valence-electron chi connectivity index (χ4n) is 3.73. The Balaban J connectivity index is 2.35. The summed E-state index contributed by atoms with van der Waals surface area (Å²) in [7, 11) is 2.00. The van der Waals surface area contributed by atoms with Gasteiger partial charge in [0.15, 0.2) is 0 Å². The van der Waals surface area contributed by atoms with Gasteiger partial charge in [0.1, 0.15) is 0 Å². The zero-order valence-electron chi connectivity index (χ0n) is 11.1. The average Bonchev–Trinajstić information content (AvgIpc) is 2.29. The van der Waals surface area contributed by atoms with E-state index < -0.39 is 0 Å². The van der Waals surface area contributed by atoms with Crippen molar-refractivity contribution in [1.29, 1.82) is 0 Å². The average molecular weight is 219 g/mol. The Kier molecular flexibility index (Phi) is 3.51. The first-order chi connectivity index (χ1) is 7.69. The Hall–Kier alpha value is -0.590. The van der Waals surface area contributed by atoms with Crippen LogP contribution in [0.25, 0.3) is 0 Å². The van der Waals surface area contributed by atoms with E-state index in [-0.39, 0.29) is 0 Å². The lowest BCUT2D eigenvalue weighted by Gasteiger charge is -2.43. The lowest BCUT2D eigenvalue weighted by atomic mass is 9.62. The van der Waals surface area contributed by atoms with Crippen LogP contribution in [-0.2, 0) is 0 Å². The summed E-state index contributed by atoms with van der Waals surface area (Å²) >= 11 is 0. The lowest BCUT2D eigenvalue weighted by Crippen LogP contribution is -2.38. The molecule has 2 aliphatic carbocycles. The number of hydrogen-bond acceptors (Lipinski definition) is 1. The maximum absolute atomic E-state index is 4.69. The highest BCUT2D eigenvalue weighted by molar-refractivity contribution is 6.05. The molecule has 0 aromatic rings. The van der Waals surface area contributed by atoms with Crippen molar-refractivity contribution in [3.63, 3.8) is 0 Å². The molecule has 2 aliphatic rings. The first kappa shape index (κ1) is 11.9. The van der Waals surface area contributed by atoms with Crippen LogP contribution in [0.5, 0.6) is 0 Å². The van der Waals surface area contributed by atoms with Gasteiger partial charge in [-0.05, 0) is 51.5 Å². The summed E-state index contributed by atoms with van der Waals surface area (Å²) in [6.07, 6.45) is 11.0. The summed E-state index contributed by atoms with van der Waals surface area (Å²) in [5.74, 6) is 0. The second-order valence-electron chi connectivity index (χ2n) is 5.75. The van der Waals surface area contributed by atoms with E-state index in [0.717, 1.165) is 0 Å². The second-order valence-corrected chi connectivity index (χ2v) is 5.75. The normalized spacial score (nSPS) is 27.4. The van der Waals surface area contributed by atoms with Crippen molar-refractivity contribution in [1.82, 2.24) is 0 Å². The fourth-order valence-corrected chi connectivity index (χ4v) is 3.73. The van der Waals surface area contributed by atoms with Gasteiger partial charge in [0.25, 0.3) is 0 Å². The standard InChI is InChI=1S/C15H25N/c1-12(2)13-8-7-11-15(14(13)16-3)9-5-4-6-10-15/h4-11H2,1-3H3. The van der Waals surface area contributed by atoms with Gasteiger partial charge in [-0.25, -0.2) is 0 Å². The Morgan fingerprint density at radius 3 is 2.19 bits per heavy atom. The molecule has 0 radical (unpaired) electrons. The summed E-state index contributed by atoms with van der Waals surface area (Å²) in [6, 6.07) is 0. The van der Waals surface area contributed by atoms with E-state index >= 15 is 0 Å². The topological polar surface area (TPSA) is 12.4 Å². The van der Waals surface area contributed by atoms with E-state index in [1.807, 2.05) is 7.05 Å². The number of hydrogen-bond donors (Lipinski definition) is 0. The largest absolute Gasteiger partial charge is 0.292 e. The summed E-state index contributed by atoms with van der Waals surface area (Å²) in [5, 5.41) is 0. The molecule has 0 aromatic carbocycles. The second kappa shape index (κ2) is 4.73. The number of rotatable bonds is 0. The molecule has 0 aliphatic heterocycles. The molecule has 0 aromatic heterocycles. The molecule has 16 heavy (non-hydrogen) atoms. The Morgan fingerprint density at radius 1 is 1.00 bits per heavy atom. The van der Waals surface area contributed by atoms with Crippen LogP contribution in [0.2, 0.25) is 0 Å². The number of allylic oxidation sites excluding steroid dienone is 2. The van der Waals surface area contributed by atoms with E-state index in [1.54, 1.807) is 5.57 Å². The van der Waals surface area contributed by atoms with Crippen LogP contribution in [0.3, 0.4) is 0 Å². The zero-order chi connectivity index (χ0) is 11.6. The van der Waals surface area contributed by atoms with Gasteiger partial charge in [-0.2, -0.15) is 0 Å². The van der Waals surface area contributed by atoms with E-state index in [2.05, 4.69) is 18.8 Å². The van der Waals surface area contributed by atoms with Gasteiger partial charge in [0.2, 0.25) is 0 Å². The van der Waals surface area contributed by atoms with Crippen LogP contribution in [-0.4, -0.2) is 12.8 Å². The van der Waals surface area contributed by atoms with Gasteiger partial charge in [0.05, 0.1) is 0 Å². The SMILES string of the molecule is CN=C1C(=C(C)C)CCCC12CCCCC2. The molecule has 0 bridgehead atoms. The zero-order valence-corrected chi connectivity index (χ0v) is 11.1.